The van der Waals surface area contributed by atoms with Gasteiger partial charge in [0.2, 0.25) is 0 Å². The van der Waals surface area contributed by atoms with Gasteiger partial charge in [0, 0.05) is 44.0 Å². The highest BCUT2D eigenvalue weighted by molar-refractivity contribution is 6.04. The largest absolute Gasteiger partial charge is 0.338 e. The number of hydrogen-bond acceptors (Lipinski definition) is 4. The number of halogens is 1. The van der Waals surface area contributed by atoms with Crippen LogP contribution in [0.5, 0.6) is 0 Å². The minimum Gasteiger partial charge on any atom is -0.338 e. The predicted octanol–water partition coefficient (Wildman–Crippen LogP) is 3.73. The Bertz CT molecular complexity index is 1050. The molecule has 0 spiro atoms. The van der Waals surface area contributed by atoms with Gasteiger partial charge in [0.05, 0.1) is 11.1 Å². The zero-order chi connectivity index (χ0) is 19.3. The smallest absolute Gasteiger partial charge is 0.256 e. The minimum absolute atomic E-state index is 0. The van der Waals surface area contributed by atoms with E-state index in [2.05, 4.69) is 53.1 Å². The third kappa shape index (κ3) is 3.28. The van der Waals surface area contributed by atoms with Gasteiger partial charge in [-0.15, -0.1) is 12.4 Å². The van der Waals surface area contributed by atoms with Crippen LogP contribution in [0.25, 0.3) is 11.0 Å². The number of para-hydroxylation sites is 1. The summed E-state index contributed by atoms with van der Waals surface area (Å²) in [5.41, 5.74) is 4.84. The van der Waals surface area contributed by atoms with Crippen LogP contribution >= 0.6 is 12.4 Å². The molecule has 2 saturated heterocycles. The number of nitrogens with zero attached hydrogens (tertiary/aromatic N) is 4. The zero-order valence-corrected chi connectivity index (χ0v) is 17.5. The monoisotopic (exact) mass is 408 g/mol. The Kier molecular flexibility index (Phi) is 5.28. The number of carbonyl (C=O) groups excluding carboxylic acids is 1. The second-order valence-electron chi connectivity index (χ2n) is 8.10. The van der Waals surface area contributed by atoms with E-state index in [0.29, 0.717) is 29.0 Å². The summed E-state index contributed by atoms with van der Waals surface area (Å²) < 4.78 is 0. The van der Waals surface area contributed by atoms with E-state index in [4.69, 9.17) is 0 Å². The lowest BCUT2D eigenvalue weighted by Gasteiger charge is -2.28. The van der Waals surface area contributed by atoms with E-state index in [1.165, 1.54) is 11.1 Å². The van der Waals surface area contributed by atoms with E-state index >= 15 is 0 Å². The SMILES string of the molecule is Cc1ccccc1[C@H]1[C@@H]2CN(C(=O)c3cccc4nccnc34)C[C@@H]2CN1C.Cl. The maximum absolute atomic E-state index is 13.3. The van der Waals surface area contributed by atoms with Gasteiger partial charge in [-0.1, -0.05) is 30.3 Å². The molecule has 0 saturated carbocycles. The lowest BCUT2D eigenvalue weighted by Crippen LogP contribution is -2.33. The highest BCUT2D eigenvalue weighted by Crippen LogP contribution is 2.45. The maximum Gasteiger partial charge on any atom is 0.256 e. The molecule has 3 aromatic rings. The Labute approximate surface area is 177 Å². The van der Waals surface area contributed by atoms with Gasteiger partial charge in [0.1, 0.15) is 5.52 Å². The molecule has 150 valence electrons. The molecule has 5 rings (SSSR count). The van der Waals surface area contributed by atoms with Crippen LogP contribution in [-0.2, 0) is 0 Å². The molecule has 3 atom stereocenters. The van der Waals surface area contributed by atoms with Crippen molar-refractivity contribution in [2.75, 3.05) is 26.7 Å². The lowest BCUT2D eigenvalue weighted by atomic mass is 9.88. The summed E-state index contributed by atoms with van der Waals surface area (Å²) in [4.78, 5) is 26.6. The van der Waals surface area contributed by atoms with Crippen LogP contribution in [0.1, 0.15) is 27.5 Å². The van der Waals surface area contributed by atoms with Crippen molar-refractivity contribution in [2.45, 2.75) is 13.0 Å². The summed E-state index contributed by atoms with van der Waals surface area (Å²) in [5, 5.41) is 0. The molecule has 2 fully saturated rings. The van der Waals surface area contributed by atoms with E-state index in [-0.39, 0.29) is 18.3 Å². The third-order valence-corrected chi connectivity index (χ3v) is 6.42. The molecule has 1 aromatic heterocycles. The molecule has 0 bridgehead atoms. The van der Waals surface area contributed by atoms with E-state index in [1.54, 1.807) is 12.4 Å². The normalized spacial score (nSPS) is 23.8. The van der Waals surface area contributed by atoms with Crippen molar-refractivity contribution in [1.82, 2.24) is 19.8 Å². The third-order valence-electron chi connectivity index (χ3n) is 6.42. The second kappa shape index (κ2) is 7.73. The Morgan fingerprint density at radius 3 is 2.62 bits per heavy atom. The van der Waals surface area contributed by atoms with Crippen LogP contribution in [-0.4, -0.2) is 52.4 Å². The molecule has 2 aliphatic rings. The number of aromatic nitrogens is 2. The fraction of sp³-hybridized carbons (Fsp3) is 0.348. The van der Waals surface area contributed by atoms with Gasteiger partial charge < -0.3 is 4.90 Å². The number of aryl methyl sites for hydroxylation is 1. The van der Waals surface area contributed by atoms with Crippen LogP contribution in [0.2, 0.25) is 0 Å². The quantitative estimate of drug-likeness (QED) is 0.648. The maximum atomic E-state index is 13.3. The van der Waals surface area contributed by atoms with Crippen LogP contribution < -0.4 is 0 Å². The molecule has 6 heteroatoms. The van der Waals surface area contributed by atoms with Crippen LogP contribution in [0.15, 0.2) is 54.9 Å². The highest BCUT2D eigenvalue weighted by atomic mass is 35.5. The number of amides is 1. The van der Waals surface area contributed by atoms with E-state index < -0.39 is 0 Å². The fourth-order valence-corrected chi connectivity index (χ4v) is 5.15. The fourth-order valence-electron chi connectivity index (χ4n) is 5.15. The Morgan fingerprint density at radius 2 is 1.79 bits per heavy atom. The van der Waals surface area contributed by atoms with Gasteiger partial charge in [0.15, 0.2) is 0 Å². The van der Waals surface area contributed by atoms with E-state index in [0.717, 1.165) is 25.2 Å². The van der Waals surface area contributed by atoms with Crippen molar-refractivity contribution >= 4 is 29.3 Å². The average molecular weight is 409 g/mol. The standard InChI is InChI=1S/C23H24N4O.ClH/c1-15-6-3-4-7-17(15)22-19-14-27(13-16(19)12-26(22)2)23(28)18-8-5-9-20-21(18)25-11-10-24-20;/h3-11,16,19,22H,12-14H2,1-2H3;1H/t16-,19+,22-;/m0./s1. The molecule has 2 aromatic carbocycles. The van der Waals surface area contributed by atoms with Crippen LogP contribution in [0, 0.1) is 18.8 Å². The molecule has 0 N–H and O–H groups in total. The Morgan fingerprint density at radius 1 is 1.00 bits per heavy atom. The summed E-state index contributed by atoms with van der Waals surface area (Å²) >= 11 is 0. The van der Waals surface area contributed by atoms with Crippen molar-refractivity contribution in [3.8, 4) is 0 Å². The number of likely N-dealkylation sites (tertiary alicyclic amines) is 2. The van der Waals surface area contributed by atoms with Gasteiger partial charge in [-0.25, -0.2) is 0 Å². The van der Waals surface area contributed by atoms with Gasteiger partial charge in [-0.3, -0.25) is 19.7 Å². The summed E-state index contributed by atoms with van der Waals surface area (Å²) in [6.45, 7) is 4.82. The van der Waals surface area contributed by atoms with Crippen LogP contribution in [0.4, 0.5) is 0 Å². The predicted molar refractivity (Wildman–Crippen MR) is 116 cm³/mol. The van der Waals surface area contributed by atoms with Crippen LogP contribution in [0.3, 0.4) is 0 Å². The highest BCUT2D eigenvalue weighted by Gasteiger charge is 2.47. The van der Waals surface area contributed by atoms with E-state index in [9.17, 15) is 4.79 Å². The lowest BCUT2D eigenvalue weighted by molar-refractivity contribution is 0.0769. The summed E-state index contributed by atoms with van der Waals surface area (Å²) in [6.07, 6.45) is 3.32. The molecule has 3 heterocycles. The molecule has 0 radical (unpaired) electrons. The molecule has 1 amide bonds. The minimum atomic E-state index is 0. The van der Waals surface area contributed by atoms with Gasteiger partial charge in [-0.2, -0.15) is 0 Å². The molecule has 0 aliphatic carbocycles. The molecule has 0 unspecified atom stereocenters. The summed E-state index contributed by atoms with van der Waals surface area (Å²) in [7, 11) is 2.21. The second-order valence-corrected chi connectivity index (χ2v) is 8.10. The summed E-state index contributed by atoms with van der Waals surface area (Å²) in [5.74, 6) is 1.06. The topological polar surface area (TPSA) is 49.3 Å². The molecule has 29 heavy (non-hydrogen) atoms. The first-order valence-corrected chi connectivity index (χ1v) is 9.88. The first-order valence-electron chi connectivity index (χ1n) is 9.88. The van der Waals surface area contributed by atoms with E-state index in [1.807, 2.05) is 23.1 Å². The van der Waals surface area contributed by atoms with Crippen molar-refractivity contribution in [2.24, 2.45) is 11.8 Å². The zero-order valence-electron chi connectivity index (χ0n) is 16.7. The molecule has 5 nitrogen and oxygen atoms in total. The molecular formula is C23H25ClN4O. The van der Waals surface area contributed by atoms with Crippen molar-refractivity contribution < 1.29 is 4.79 Å². The average Bonchev–Trinajstić information content (AvgIpc) is 3.24. The number of fused-ring (bicyclic) bond motifs is 2. The number of hydrogen-bond donors (Lipinski definition) is 0. The van der Waals surface area contributed by atoms with Crippen molar-refractivity contribution in [3.05, 3.63) is 71.5 Å². The van der Waals surface area contributed by atoms with Gasteiger partial charge >= 0.3 is 0 Å². The number of carbonyl (C=O) groups is 1. The number of benzene rings is 2. The molecular weight excluding hydrogens is 384 g/mol. The first kappa shape index (κ1) is 19.8. The number of rotatable bonds is 2. The van der Waals surface area contributed by atoms with Gasteiger partial charge in [-0.05, 0) is 43.1 Å². The Balaban J connectivity index is 0.00000205. The van der Waals surface area contributed by atoms with Crippen molar-refractivity contribution in [1.29, 1.82) is 0 Å². The first-order chi connectivity index (χ1) is 13.6. The molecule has 2 aliphatic heterocycles. The van der Waals surface area contributed by atoms with Crippen molar-refractivity contribution in [3.63, 3.8) is 0 Å². The summed E-state index contributed by atoms with van der Waals surface area (Å²) in [6, 6.07) is 14.7. The van der Waals surface area contributed by atoms with Gasteiger partial charge in [0.25, 0.3) is 5.91 Å². The Hall–Kier alpha value is -2.50.